The standard InChI is InChI=1S/C16H17F3N4O2/c1-10-2-3-12(13(8-10)23(24)25)22-6-4-11(5-7-22)15-20-9-14(21-15)16(17,18)19/h2-3,8-9,11H,4-7H2,1H3,(H,20,21). The highest BCUT2D eigenvalue weighted by Crippen LogP contribution is 2.35. The van der Waals surface area contributed by atoms with Gasteiger partial charge >= 0.3 is 6.18 Å². The van der Waals surface area contributed by atoms with Gasteiger partial charge in [0, 0.05) is 25.1 Å². The second kappa shape index (κ2) is 6.38. The Morgan fingerprint density at radius 2 is 2.00 bits per heavy atom. The molecule has 1 saturated heterocycles. The van der Waals surface area contributed by atoms with Crippen molar-refractivity contribution in [3.8, 4) is 0 Å². The third kappa shape index (κ3) is 3.59. The minimum absolute atomic E-state index is 0.0517. The Bertz CT molecular complexity index is 780. The number of halogens is 3. The van der Waals surface area contributed by atoms with Crippen LogP contribution in [0.4, 0.5) is 24.5 Å². The average Bonchev–Trinajstić information content (AvgIpc) is 3.05. The molecule has 1 aliphatic heterocycles. The molecule has 2 heterocycles. The number of nitro benzene ring substituents is 1. The number of nitrogens with one attached hydrogen (secondary N) is 1. The van der Waals surface area contributed by atoms with Gasteiger partial charge in [-0.25, -0.2) is 4.98 Å². The maximum absolute atomic E-state index is 12.7. The first-order valence-electron chi connectivity index (χ1n) is 7.88. The summed E-state index contributed by atoms with van der Waals surface area (Å²) < 4.78 is 38.0. The van der Waals surface area contributed by atoms with Gasteiger partial charge in [0.15, 0.2) is 0 Å². The molecule has 0 saturated carbocycles. The molecule has 134 valence electrons. The van der Waals surface area contributed by atoms with Gasteiger partial charge in [0.2, 0.25) is 0 Å². The van der Waals surface area contributed by atoms with E-state index in [1.165, 1.54) is 6.07 Å². The van der Waals surface area contributed by atoms with Crippen LogP contribution in [0, 0.1) is 17.0 Å². The van der Waals surface area contributed by atoms with Gasteiger partial charge in [0.05, 0.1) is 11.1 Å². The van der Waals surface area contributed by atoms with E-state index in [1.807, 2.05) is 11.0 Å². The minimum Gasteiger partial charge on any atom is -0.366 e. The highest BCUT2D eigenvalue weighted by atomic mass is 19.4. The Balaban J connectivity index is 1.72. The molecule has 1 aromatic heterocycles. The van der Waals surface area contributed by atoms with Gasteiger partial charge in [0.1, 0.15) is 17.2 Å². The normalized spacial score (nSPS) is 16.2. The van der Waals surface area contributed by atoms with Crippen molar-refractivity contribution in [3.63, 3.8) is 0 Å². The number of H-pyrrole nitrogens is 1. The number of nitrogens with zero attached hydrogens (tertiary/aromatic N) is 3. The quantitative estimate of drug-likeness (QED) is 0.667. The fourth-order valence-corrected chi connectivity index (χ4v) is 3.13. The lowest BCUT2D eigenvalue weighted by Crippen LogP contribution is -2.33. The number of alkyl halides is 3. The van der Waals surface area contributed by atoms with Crippen molar-refractivity contribution < 1.29 is 18.1 Å². The second-order valence-electron chi connectivity index (χ2n) is 6.19. The summed E-state index contributed by atoms with van der Waals surface area (Å²) in [6, 6.07) is 5.07. The molecular formula is C16H17F3N4O2. The first kappa shape index (κ1) is 17.2. The fraction of sp³-hybridized carbons (Fsp3) is 0.438. The molecule has 0 atom stereocenters. The number of piperidine rings is 1. The van der Waals surface area contributed by atoms with Crippen molar-refractivity contribution >= 4 is 11.4 Å². The molecule has 0 amide bonds. The fourth-order valence-electron chi connectivity index (χ4n) is 3.13. The third-order valence-corrected chi connectivity index (χ3v) is 4.45. The number of benzene rings is 1. The molecular weight excluding hydrogens is 337 g/mol. The summed E-state index contributed by atoms with van der Waals surface area (Å²) >= 11 is 0. The van der Waals surface area contributed by atoms with Gasteiger partial charge in [-0.05, 0) is 31.4 Å². The van der Waals surface area contributed by atoms with Crippen LogP contribution in [0.5, 0.6) is 0 Å². The predicted octanol–water partition coefficient (Wildman–Crippen LogP) is 4.03. The number of aromatic nitrogens is 2. The van der Waals surface area contributed by atoms with E-state index in [-0.39, 0.29) is 11.6 Å². The molecule has 0 radical (unpaired) electrons. The van der Waals surface area contributed by atoms with Crippen molar-refractivity contribution in [2.24, 2.45) is 0 Å². The van der Waals surface area contributed by atoms with Crippen LogP contribution in [0.1, 0.15) is 35.8 Å². The lowest BCUT2D eigenvalue weighted by Gasteiger charge is -2.32. The Kier molecular flexibility index (Phi) is 4.40. The van der Waals surface area contributed by atoms with Crippen molar-refractivity contribution in [3.05, 3.63) is 51.6 Å². The summed E-state index contributed by atoms with van der Waals surface area (Å²) in [5, 5.41) is 11.3. The van der Waals surface area contributed by atoms with E-state index in [0.29, 0.717) is 37.4 Å². The van der Waals surface area contributed by atoms with Crippen molar-refractivity contribution in [2.75, 3.05) is 18.0 Å². The maximum atomic E-state index is 12.7. The van der Waals surface area contributed by atoms with E-state index >= 15 is 0 Å². The van der Waals surface area contributed by atoms with Gasteiger partial charge in [-0.2, -0.15) is 13.2 Å². The van der Waals surface area contributed by atoms with Crippen molar-refractivity contribution in [1.29, 1.82) is 0 Å². The largest absolute Gasteiger partial charge is 0.432 e. The summed E-state index contributed by atoms with van der Waals surface area (Å²) in [6.45, 7) is 2.84. The lowest BCUT2D eigenvalue weighted by molar-refractivity contribution is -0.384. The van der Waals surface area contributed by atoms with Crippen LogP contribution in [-0.2, 0) is 6.18 Å². The summed E-state index contributed by atoms with van der Waals surface area (Å²) in [7, 11) is 0. The van der Waals surface area contributed by atoms with Gasteiger partial charge in [-0.15, -0.1) is 0 Å². The Morgan fingerprint density at radius 1 is 1.32 bits per heavy atom. The third-order valence-electron chi connectivity index (χ3n) is 4.45. The molecule has 6 nitrogen and oxygen atoms in total. The van der Waals surface area contributed by atoms with E-state index in [4.69, 9.17) is 0 Å². The molecule has 0 bridgehead atoms. The van der Waals surface area contributed by atoms with Crippen LogP contribution in [0.25, 0.3) is 0 Å². The molecule has 1 N–H and O–H groups in total. The zero-order valence-electron chi connectivity index (χ0n) is 13.5. The molecule has 0 unspecified atom stereocenters. The van der Waals surface area contributed by atoms with Crippen molar-refractivity contribution in [1.82, 2.24) is 9.97 Å². The van der Waals surface area contributed by atoms with E-state index in [0.717, 1.165) is 11.8 Å². The van der Waals surface area contributed by atoms with E-state index in [2.05, 4.69) is 9.97 Å². The molecule has 3 rings (SSSR count). The van der Waals surface area contributed by atoms with E-state index < -0.39 is 16.8 Å². The SMILES string of the molecule is Cc1ccc(N2CCC(c3ncc(C(F)(F)F)[nH]3)CC2)c([N+](=O)[O-])c1. The number of aryl methyl sites for hydroxylation is 1. The highest BCUT2D eigenvalue weighted by molar-refractivity contribution is 5.64. The van der Waals surface area contributed by atoms with Crippen molar-refractivity contribution in [2.45, 2.75) is 31.9 Å². The first-order chi connectivity index (χ1) is 11.8. The van der Waals surface area contributed by atoms with Crippen LogP contribution >= 0.6 is 0 Å². The maximum Gasteiger partial charge on any atom is 0.432 e. The first-order valence-corrected chi connectivity index (χ1v) is 7.88. The molecule has 2 aromatic rings. The smallest absolute Gasteiger partial charge is 0.366 e. The highest BCUT2D eigenvalue weighted by Gasteiger charge is 2.34. The monoisotopic (exact) mass is 354 g/mol. The topological polar surface area (TPSA) is 75.1 Å². The van der Waals surface area contributed by atoms with E-state index in [9.17, 15) is 23.3 Å². The zero-order valence-corrected chi connectivity index (χ0v) is 13.5. The number of hydrogen-bond donors (Lipinski definition) is 1. The number of hydrogen-bond acceptors (Lipinski definition) is 4. The number of nitro groups is 1. The molecule has 1 fully saturated rings. The summed E-state index contributed by atoms with van der Waals surface area (Å²) in [4.78, 5) is 19.0. The number of imidazole rings is 1. The van der Waals surface area contributed by atoms with Gasteiger partial charge in [-0.1, -0.05) is 6.07 Å². The summed E-state index contributed by atoms with van der Waals surface area (Å²) in [5.41, 5.74) is 0.556. The molecule has 9 heteroatoms. The molecule has 1 aromatic carbocycles. The Labute approximate surface area is 141 Å². The number of rotatable bonds is 3. The molecule has 25 heavy (non-hydrogen) atoms. The summed E-state index contributed by atoms with van der Waals surface area (Å²) in [5.74, 6) is 0.210. The van der Waals surface area contributed by atoms with Crippen LogP contribution in [0.2, 0.25) is 0 Å². The molecule has 0 spiro atoms. The van der Waals surface area contributed by atoms with E-state index in [1.54, 1.807) is 13.0 Å². The van der Waals surface area contributed by atoms with Crippen LogP contribution in [-0.4, -0.2) is 28.0 Å². The molecule has 0 aliphatic carbocycles. The second-order valence-corrected chi connectivity index (χ2v) is 6.19. The van der Waals surface area contributed by atoms with Crippen LogP contribution < -0.4 is 4.90 Å². The van der Waals surface area contributed by atoms with Gasteiger partial charge in [0.25, 0.3) is 5.69 Å². The van der Waals surface area contributed by atoms with Gasteiger partial charge < -0.3 is 9.88 Å². The van der Waals surface area contributed by atoms with Crippen LogP contribution in [0.15, 0.2) is 24.4 Å². The van der Waals surface area contributed by atoms with Crippen LogP contribution in [0.3, 0.4) is 0 Å². The minimum atomic E-state index is -4.44. The Morgan fingerprint density at radius 3 is 2.56 bits per heavy atom. The molecule has 1 aliphatic rings. The van der Waals surface area contributed by atoms with Gasteiger partial charge in [-0.3, -0.25) is 10.1 Å². The average molecular weight is 354 g/mol. The number of aromatic amines is 1. The number of anilines is 1. The Hall–Kier alpha value is -2.58. The summed E-state index contributed by atoms with van der Waals surface area (Å²) in [6.07, 6.45) is -2.47. The predicted molar refractivity (Wildman–Crippen MR) is 85.6 cm³/mol. The zero-order chi connectivity index (χ0) is 18.2. The lowest BCUT2D eigenvalue weighted by atomic mass is 9.95.